The van der Waals surface area contributed by atoms with Crippen LogP contribution in [0.1, 0.15) is 5.82 Å². The first-order chi connectivity index (χ1) is 9.15. The predicted octanol–water partition coefficient (Wildman–Crippen LogP) is 0.0551. The normalized spacial score (nSPS) is 10.7. The maximum atomic E-state index is 11.0. The Morgan fingerprint density at radius 2 is 2.37 bits per heavy atom. The molecule has 9 heteroatoms. The van der Waals surface area contributed by atoms with E-state index in [9.17, 15) is 4.79 Å². The third-order valence-corrected chi connectivity index (χ3v) is 3.36. The van der Waals surface area contributed by atoms with E-state index in [-0.39, 0.29) is 11.7 Å². The van der Waals surface area contributed by atoms with Crippen LogP contribution < -0.4 is 11.3 Å². The topological polar surface area (TPSA) is 108 Å². The summed E-state index contributed by atoms with van der Waals surface area (Å²) in [5.74, 6) is 7.01. The standard InChI is InChI=1S/C10H14N6O2S/c1-16-10-6(3-12-16)9(15-11)13-7(14-10)4-19-5-8(17)18-2/h3H,4-5,11H2,1-2H3,(H,13,14,15). The highest BCUT2D eigenvalue weighted by Crippen LogP contribution is 2.20. The number of nitrogen functional groups attached to an aromatic ring is 1. The molecule has 0 aromatic carbocycles. The Labute approximate surface area is 113 Å². The van der Waals surface area contributed by atoms with Crippen molar-refractivity contribution >= 4 is 34.6 Å². The lowest BCUT2D eigenvalue weighted by atomic mass is 10.4. The van der Waals surface area contributed by atoms with Crippen LogP contribution in [-0.2, 0) is 22.3 Å². The molecular weight excluding hydrogens is 268 g/mol. The molecule has 0 saturated heterocycles. The number of anilines is 1. The van der Waals surface area contributed by atoms with Crippen LogP contribution in [0.2, 0.25) is 0 Å². The van der Waals surface area contributed by atoms with E-state index in [2.05, 4.69) is 25.2 Å². The zero-order chi connectivity index (χ0) is 13.8. The summed E-state index contributed by atoms with van der Waals surface area (Å²) in [6.45, 7) is 0. The number of methoxy groups -OCH3 is 1. The zero-order valence-corrected chi connectivity index (χ0v) is 11.4. The van der Waals surface area contributed by atoms with Crippen molar-refractivity contribution in [3.05, 3.63) is 12.0 Å². The number of esters is 1. The molecule has 0 aliphatic heterocycles. The number of hydrazine groups is 1. The van der Waals surface area contributed by atoms with Gasteiger partial charge in [0.25, 0.3) is 0 Å². The van der Waals surface area contributed by atoms with E-state index in [1.54, 1.807) is 17.9 Å². The summed E-state index contributed by atoms with van der Waals surface area (Å²) in [4.78, 5) is 19.7. The number of nitrogens with two attached hydrogens (primary N) is 1. The van der Waals surface area contributed by atoms with E-state index in [1.807, 2.05) is 0 Å². The molecule has 2 aromatic rings. The van der Waals surface area contributed by atoms with Gasteiger partial charge in [-0.15, -0.1) is 11.8 Å². The summed E-state index contributed by atoms with van der Waals surface area (Å²) in [6, 6.07) is 0. The van der Waals surface area contributed by atoms with Gasteiger partial charge in [-0.25, -0.2) is 15.8 Å². The van der Waals surface area contributed by atoms with Gasteiger partial charge < -0.3 is 10.2 Å². The first-order valence-corrected chi connectivity index (χ1v) is 6.61. The quantitative estimate of drug-likeness (QED) is 0.450. The lowest BCUT2D eigenvalue weighted by molar-refractivity contribution is -0.137. The van der Waals surface area contributed by atoms with Crippen molar-refractivity contribution in [1.82, 2.24) is 19.7 Å². The van der Waals surface area contributed by atoms with E-state index < -0.39 is 0 Å². The fourth-order valence-electron chi connectivity index (χ4n) is 1.53. The summed E-state index contributed by atoms with van der Waals surface area (Å²) in [5.41, 5.74) is 3.22. The van der Waals surface area contributed by atoms with E-state index in [4.69, 9.17) is 5.84 Å². The van der Waals surface area contributed by atoms with Gasteiger partial charge in [0, 0.05) is 7.05 Å². The van der Waals surface area contributed by atoms with Crippen LogP contribution in [0.25, 0.3) is 11.0 Å². The fourth-order valence-corrected chi connectivity index (χ4v) is 2.22. The lowest BCUT2D eigenvalue weighted by Crippen LogP contribution is -2.11. The van der Waals surface area contributed by atoms with Gasteiger partial charge in [-0.1, -0.05) is 0 Å². The van der Waals surface area contributed by atoms with Crippen LogP contribution in [-0.4, -0.2) is 38.6 Å². The molecule has 2 heterocycles. The van der Waals surface area contributed by atoms with E-state index in [0.717, 1.165) is 5.39 Å². The second kappa shape index (κ2) is 5.85. The van der Waals surface area contributed by atoms with Gasteiger partial charge in [0.2, 0.25) is 0 Å². The third kappa shape index (κ3) is 2.93. The average Bonchev–Trinajstić information content (AvgIpc) is 2.79. The number of carbonyl (C=O) groups is 1. The maximum absolute atomic E-state index is 11.0. The molecule has 0 radical (unpaired) electrons. The first kappa shape index (κ1) is 13.6. The Morgan fingerprint density at radius 1 is 1.58 bits per heavy atom. The minimum atomic E-state index is -0.274. The molecule has 0 fully saturated rings. The Morgan fingerprint density at radius 3 is 3.05 bits per heavy atom. The SMILES string of the molecule is COC(=O)CSCc1nc(NN)c2cnn(C)c2n1. The number of aryl methyl sites for hydroxylation is 1. The number of thioether (sulfide) groups is 1. The largest absolute Gasteiger partial charge is 0.468 e. The molecule has 0 aliphatic carbocycles. The minimum absolute atomic E-state index is 0.259. The maximum Gasteiger partial charge on any atom is 0.315 e. The number of nitrogens with zero attached hydrogens (tertiary/aromatic N) is 4. The highest BCUT2D eigenvalue weighted by atomic mass is 32.2. The molecular formula is C10H14N6O2S. The van der Waals surface area contributed by atoms with Gasteiger partial charge in [-0.05, 0) is 0 Å². The molecule has 2 aromatic heterocycles. The Bertz CT molecular complexity index is 599. The summed E-state index contributed by atoms with van der Waals surface area (Å²) in [5, 5.41) is 4.86. The Balaban J connectivity index is 2.19. The van der Waals surface area contributed by atoms with Crippen LogP contribution in [0.15, 0.2) is 6.20 Å². The number of aromatic nitrogens is 4. The van der Waals surface area contributed by atoms with Crippen molar-refractivity contribution in [3.63, 3.8) is 0 Å². The van der Waals surface area contributed by atoms with E-state index >= 15 is 0 Å². The van der Waals surface area contributed by atoms with Gasteiger partial charge in [0.05, 0.1) is 30.2 Å². The van der Waals surface area contributed by atoms with Crippen molar-refractivity contribution < 1.29 is 9.53 Å². The summed E-state index contributed by atoms with van der Waals surface area (Å²) >= 11 is 1.38. The highest BCUT2D eigenvalue weighted by Gasteiger charge is 2.11. The molecule has 0 spiro atoms. The van der Waals surface area contributed by atoms with Crippen molar-refractivity contribution in [2.45, 2.75) is 5.75 Å². The smallest absolute Gasteiger partial charge is 0.315 e. The second-order valence-corrected chi connectivity index (χ2v) is 4.69. The Hall–Kier alpha value is -1.87. The summed E-state index contributed by atoms with van der Waals surface area (Å²) in [6.07, 6.45) is 1.65. The van der Waals surface area contributed by atoms with Crippen LogP contribution >= 0.6 is 11.8 Å². The number of carbonyl (C=O) groups excluding carboxylic acids is 1. The molecule has 2 rings (SSSR count). The molecule has 19 heavy (non-hydrogen) atoms. The van der Waals surface area contributed by atoms with Crippen molar-refractivity contribution in [2.24, 2.45) is 12.9 Å². The zero-order valence-electron chi connectivity index (χ0n) is 10.6. The summed E-state index contributed by atoms with van der Waals surface area (Å²) in [7, 11) is 3.15. The number of rotatable bonds is 5. The minimum Gasteiger partial charge on any atom is -0.468 e. The molecule has 0 atom stereocenters. The van der Waals surface area contributed by atoms with Crippen molar-refractivity contribution in [3.8, 4) is 0 Å². The predicted molar refractivity (Wildman–Crippen MR) is 72.3 cm³/mol. The Kier molecular flexibility index (Phi) is 4.17. The van der Waals surface area contributed by atoms with Crippen LogP contribution in [0.3, 0.4) is 0 Å². The summed E-state index contributed by atoms with van der Waals surface area (Å²) < 4.78 is 6.21. The highest BCUT2D eigenvalue weighted by molar-refractivity contribution is 7.99. The molecule has 8 nitrogen and oxygen atoms in total. The molecule has 0 bridgehead atoms. The molecule has 0 saturated carbocycles. The number of ether oxygens (including phenoxy) is 1. The molecule has 0 amide bonds. The molecule has 3 N–H and O–H groups in total. The average molecular weight is 282 g/mol. The van der Waals surface area contributed by atoms with Gasteiger partial charge in [0.15, 0.2) is 11.5 Å². The van der Waals surface area contributed by atoms with Gasteiger partial charge in [-0.2, -0.15) is 5.10 Å². The number of fused-ring (bicyclic) bond motifs is 1. The van der Waals surface area contributed by atoms with Crippen LogP contribution in [0, 0.1) is 0 Å². The molecule has 0 aliphatic rings. The van der Waals surface area contributed by atoms with Crippen LogP contribution in [0.5, 0.6) is 0 Å². The van der Waals surface area contributed by atoms with E-state index in [0.29, 0.717) is 23.0 Å². The van der Waals surface area contributed by atoms with Gasteiger partial charge >= 0.3 is 5.97 Å². The third-order valence-electron chi connectivity index (χ3n) is 2.45. The number of nitrogens with one attached hydrogen (secondary N) is 1. The molecule has 102 valence electrons. The van der Waals surface area contributed by atoms with Crippen LogP contribution in [0.4, 0.5) is 5.82 Å². The number of hydrogen-bond acceptors (Lipinski definition) is 8. The van der Waals surface area contributed by atoms with Gasteiger partial charge in [-0.3, -0.25) is 9.48 Å². The van der Waals surface area contributed by atoms with Crippen molar-refractivity contribution in [2.75, 3.05) is 18.3 Å². The van der Waals surface area contributed by atoms with E-state index in [1.165, 1.54) is 18.9 Å². The first-order valence-electron chi connectivity index (χ1n) is 5.45. The number of hydrogen-bond donors (Lipinski definition) is 2. The lowest BCUT2D eigenvalue weighted by Gasteiger charge is -2.05. The monoisotopic (exact) mass is 282 g/mol. The molecule has 0 unspecified atom stereocenters. The van der Waals surface area contributed by atoms with Gasteiger partial charge in [0.1, 0.15) is 5.82 Å². The fraction of sp³-hybridized carbons (Fsp3) is 0.400. The second-order valence-electron chi connectivity index (χ2n) is 3.71. The van der Waals surface area contributed by atoms with Crippen molar-refractivity contribution in [1.29, 1.82) is 0 Å².